The van der Waals surface area contributed by atoms with Gasteiger partial charge in [-0.1, -0.05) is 6.07 Å². The van der Waals surface area contributed by atoms with E-state index in [9.17, 15) is 13.2 Å². The molecule has 15 heavy (non-hydrogen) atoms. The van der Waals surface area contributed by atoms with E-state index in [1.807, 2.05) is 0 Å². The van der Waals surface area contributed by atoms with Crippen molar-refractivity contribution in [2.45, 2.75) is 6.18 Å². The molecule has 0 aliphatic heterocycles. The number of halogens is 3. The number of hydrogen-bond acceptors (Lipinski definition) is 2. The van der Waals surface area contributed by atoms with E-state index in [1.54, 1.807) is 0 Å². The lowest BCUT2D eigenvalue weighted by atomic mass is 10.2. The normalized spacial score (nSPS) is 11.7. The zero-order valence-electron chi connectivity index (χ0n) is 7.36. The number of hydrogen-bond donors (Lipinski definition) is 0. The van der Waals surface area contributed by atoms with E-state index in [1.165, 1.54) is 23.1 Å². The average molecular weight is 212 g/mol. The Bertz CT molecular complexity index is 448. The van der Waals surface area contributed by atoms with E-state index in [-0.39, 0.29) is 0 Å². The molecule has 1 radical (unpaired) electrons. The molecule has 0 unspecified atom stereocenters. The van der Waals surface area contributed by atoms with Gasteiger partial charge in [-0.25, -0.2) is 9.67 Å². The third kappa shape index (κ3) is 1.98. The van der Waals surface area contributed by atoms with Crippen molar-refractivity contribution >= 4 is 0 Å². The summed E-state index contributed by atoms with van der Waals surface area (Å²) in [5, 5.41) is 3.62. The quantitative estimate of drug-likeness (QED) is 0.724. The van der Waals surface area contributed by atoms with Crippen molar-refractivity contribution < 1.29 is 13.2 Å². The first-order chi connectivity index (χ1) is 7.07. The average Bonchev–Trinajstić information content (AvgIpc) is 2.69. The summed E-state index contributed by atoms with van der Waals surface area (Å²) in [5.41, 5.74) is -0.408. The van der Waals surface area contributed by atoms with Crippen molar-refractivity contribution in [2.24, 2.45) is 0 Å². The highest BCUT2D eigenvalue weighted by molar-refractivity contribution is 5.35. The Labute approximate surface area is 83.2 Å². The van der Waals surface area contributed by atoms with Gasteiger partial charge in [0.25, 0.3) is 0 Å². The molecule has 0 fully saturated rings. The van der Waals surface area contributed by atoms with Crippen LogP contribution in [0.25, 0.3) is 5.69 Å². The summed E-state index contributed by atoms with van der Waals surface area (Å²) < 4.78 is 38.3. The molecule has 0 aliphatic carbocycles. The fourth-order valence-corrected chi connectivity index (χ4v) is 1.13. The molecule has 3 nitrogen and oxygen atoms in total. The van der Waals surface area contributed by atoms with Gasteiger partial charge in [-0.15, -0.1) is 5.10 Å². The first-order valence-corrected chi connectivity index (χ1v) is 4.03. The smallest absolute Gasteiger partial charge is 0.220 e. The fourth-order valence-electron chi connectivity index (χ4n) is 1.13. The molecule has 77 valence electrons. The Balaban J connectivity index is 2.44. The Morgan fingerprint density at radius 2 is 2.07 bits per heavy atom. The molecule has 1 aromatic heterocycles. The third-order valence-corrected chi connectivity index (χ3v) is 1.82. The highest BCUT2D eigenvalue weighted by Gasteiger charge is 2.30. The molecular weight excluding hydrogens is 207 g/mol. The highest BCUT2D eigenvalue weighted by Crippen LogP contribution is 2.29. The van der Waals surface area contributed by atoms with Crippen LogP contribution in [0.1, 0.15) is 5.56 Å². The molecule has 0 bridgehead atoms. The molecule has 0 aliphatic rings. The minimum atomic E-state index is -4.35. The van der Waals surface area contributed by atoms with Gasteiger partial charge in [-0.2, -0.15) is 13.2 Å². The summed E-state index contributed by atoms with van der Waals surface area (Å²) in [6, 6.07) is 4.84. The maximum Gasteiger partial charge on any atom is 0.416 e. The second-order valence-corrected chi connectivity index (χ2v) is 2.84. The number of aromatic nitrogens is 3. The Morgan fingerprint density at radius 1 is 1.27 bits per heavy atom. The molecular formula is C9H5F3N3. The Hall–Kier alpha value is -1.85. The summed E-state index contributed by atoms with van der Waals surface area (Å²) in [7, 11) is 0. The summed E-state index contributed by atoms with van der Waals surface area (Å²) >= 11 is 0. The van der Waals surface area contributed by atoms with Crippen LogP contribution in [0.5, 0.6) is 0 Å². The topological polar surface area (TPSA) is 30.7 Å². The SMILES string of the molecule is FC(F)(F)c1cccc(-n2cn[c]n2)c1. The number of benzene rings is 1. The lowest BCUT2D eigenvalue weighted by Gasteiger charge is -2.07. The van der Waals surface area contributed by atoms with Crippen LogP contribution in [-0.2, 0) is 6.18 Å². The minimum Gasteiger partial charge on any atom is -0.220 e. The van der Waals surface area contributed by atoms with Gasteiger partial charge in [0, 0.05) is 0 Å². The van der Waals surface area contributed by atoms with Crippen LogP contribution in [0.4, 0.5) is 13.2 Å². The lowest BCUT2D eigenvalue weighted by Crippen LogP contribution is -2.06. The molecule has 6 heteroatoms. The fraction of sp³-hybridized carbons (Fsp3) is 0.111. The van der Waals surface area contributed by atoms with Crippen LogP contribution in [0.2, 0.25) is 0 Å². The minimum absolute atomic E-state index is 0.304. The largest absolute Gasteiger partial charge is 0.416 e. The molecule has 1 heterocycles. The van der Waals surface area contributed by atoms with Crippen molar-refractivity contribution in [2.75, 3.05) is 0 Å². The monoisotopic (exact) mass is 212 g/mol. The van der Waals surface area contributed by atoms with Crippen molar-refractivity contribution in [3.63, 3.8) is 0 Å². The highest BCUT2D eigenvalue weighted by atomic mass is 19.4. The number of rotatable bonds is 1. The second kappa shape index (κ2) is 3.38. The van der Waals surface area contributed by atoms with Crippen LogP contribution >= 0.6 is 0 Å². The number of nitrogens with zero attached hydrogens (tertiary/aromatic N) is 3. The molecule has 2 aromatic rings. The first kappa shape index (κ1) is 9.70. The maximum atomic E-state index is 12.4. The van der Waals surface area contributed by atoms with Gasteiger partial charge in [-0.05, 0) is 18.2 Å². The van der Waals surface area contributed by atoms with Crippen LogP contribution in [0.15, 0.2) is 30.6 Å². The van der Waals surface area contributed by atoms with Crippen LogP contribution in [0.3, 0.4) is 0 Å². The van der Waals surface area contributed by atoms with Gasteiger partial charge in [0.2, 0.25) is 6.33 Å². The standard InChI is InChI=1S/C9H5F3N3/c10-9(11,12)7-2-1-3-8(4-7)15-6-13-5-14-15/h1-4,6H. The van der Waals surface area contributed by atoms with Crippen molar-refractivity contribution in [3.8, 4) is 5.69 Å². The van der Waals surface area contributed by atoms with Gasteiger partial charge in [0.05, 0.1) is 11.3 Å². The molecule has 2 rings (SSSR count). The van der Waals surface area contributed by atoms with Gasteiger partial charge < -0.3 is 0 Å². The molecule has 0 N–H and O–H groups in total. The maximum absolute atomic E-state index is 12.4. The summed E-state index contributed by atoms with van der Waals surface area (Å²) in [4.78, 5) is 3.54. The molecule has 1 aromatic carbocycles. The van der Waals surface area contributed by atoms with E-state index in [2.05, 4.69) is 16.4 Å². The summed E-state index contributed by atoms with van der Waals surface area (Å²) in [6.45, 7) is 0. The predicted molar refractivity (Wildman–Crippen MR) is 45.2 cm³/mol. The Morgan fingerprint density at radius 3 is 2.67 bits per heavy atom. The van der Waals surface area contributed by atoms with E-state index < -0.39 is 11.7 Å². The second-order valence-electron chi connectivity index (χ2n) is 2.84. The zero-order chi connectivity index (χ0) is 10.9. The molecule has 0 saturated heterocycles. The van der Waals surface area contributed by atoms with Crippen LogP contribution in [-0.4, -0.2) is 14.8 Å². The van der Waals surface area contributed by atoms with E-state index >= 15 is 0 Å². The van der Waals surface area contributed by atoms with E-state index in [4.69, 9.17) is 0 Å². The van der Waals surface area contributed by atoms with Gasteiger partial charge in [0.15, 0.2) is 0 Å². The van der Waals surface area contributed by atoms with Crippen molar-refractivity contribution in [3.05, 3.63) is 42.5 Å². The van der Waals surface area contributed by atoms with Crippen LogP contribution in [0, 0.1) is 6.33 Å². The predicted octanol–water partition coefficient (Wildman–Crippen LogP) is 2.09. The molecule has 0 saturated carbocycles. The molecule has 0 amide bonds. The van der Waals surface area contributed by atoms with Gasteiger partial charge in [-0.3, -0.25) is 0 Å². The van der Waals surface area contributed by atoms with Gasteiger partial charge >= 0.3 is 6.18 Å². The first-order valence-electron chi connectivity index (χ1n) is 4.03. The molecule has 0 atom stereocenters. The van der Waals surface area contributed by atoms with Crippen molar-refractivity contribution in [1.82, 2.24) is 14.8 Å². The van der Waals surface area contributed by atoms with Gasteiger partial charge in [0.1, 0.15) is 6.33 Å². The summed E-state index contributed by atoms with van der Waals surface area (Å²) in [5.74, 6) is 0. The lowest BCUT2D eigenvalue weighted by molar-refractivity contribution is -0.137. The number of alkyl halides is 3. The zero-order valence-corrected chi connectivity index (χ0v) is 7.36. The molecule has 0 spiro atoms. The van der Waals surface area contributed by atoms with Crippen molar-refractivity contribution in [1.29, 1.82) is 0 Å². The third-order valence-electron chi connectivity index (χ3n) is 1.82. The summed E-state index contributed by atoms with van der Waals surface area (Å²) in [6.07, 6.45) is -0.792. The van der Waals surface area contributed by atoms with E-state index in [0.717, 1.165) is 12.1 Å². The van der Waals surface area contributed by atoms with E-state index in [0.29, 0.717) is 5.69 Å². The van der Waals surface area contributed by atoms with Crippen LogP contribution < -0.4 is 0 Å². The Kier molecular flexibility index (Phi) is 2.18.